The van der Waals surface area contributed by atoms with Gasteiger partial charge in [-0.3, -0.25) is 14.7 Å². The predicted octanol–water partition coefficient (Wildman–Crippen LogP) is 4.11. The van der Waals surface area contributed by atoms with Gasteiger partial charge >= 0.3 is 6.09 Å². The van der Waals surface area contributed by atoms with Crippen LogP contribution in [0.2, 0.25) is 5.15 Å². The Morgan fingerprint density at radius 2 is 1.82 bits per heavy atom. The number of nitrogens with one attached hydrogen (secondary N) is 1. The number of amides is 2. The molecule has 0 aliphatic carbocycles. The van der Waals surface area contributed by atoms with Gasteiger partial charge in [0.15, 0.2) is 0 Å². The zero-order valence-corrected chi connectivity index (χ0v) is 15.5. The number of halogens is 1. The average Bonchev–Trinajstić information content (AvgIpc) is 2.69. The van der Waals surface area contributed by atoms with Gasteiger partial charge in [0.25, 0.3) is 5.91 Å². The SMILES string of the molecule is O=C(Nc1ccnc(CCN(C(=O)O)c2ccccc2)c1)c1cccnc1Cl. The van der Waals surface area contributed by atoms with Crippen molar-refractivity contribution >= 4 is 35.0 Å². The van der Waals surface area contributed by atoms with Crippen LogP contribution in [0.1, 0.15) is 16.1 Å². The van der Waals surface area contributed by atoms with Crippen LogP contribution < -0.4 is 10.2 Å². The van der Waals surface area contributed by atoms with Gasteiger partial charge in [0, 0.05) is 42.4 Å². The van der Waals surface area contributed by atoms with Gasteiger partial charge in [-0.15, -0.1) is 0 Å². The van der Waals surface area contributed by atoms with Crippen molar-refractivity contribution in [3.05, 3.63) is 83.4 Å². The van der Waals surface area contributed by atoms with Gasteiger partial charge in [-0.05, 0) is 36.4 Å². The van der Waals surface area contributed by atoms with Crippen molar-refractivity contribution in [3.63, 3.8) is 0 Å². The Morgan fingerprint density at radius 3 is 2.54 bits per heavy atom. The summed E-state index contributed by atoms with van der Waals surface area (Å²) in [7, 11) is 0. The fourth-order valence-corrected chi connectivity index (χ4v) is 2.82. The molecule has 3 aromatic rings. The highest BCUT2D eigenvalue weighted by Gasteiger charge is 2.15. The molecule has 0 saturated carbocycles. The van der Waals surface area contributed by atoms with E-state index in [1.165, 1.54) is 11.1 Å². The summed E-state index contributed by atoms with van der Waals surface area (Å²) in [6.07, 6.45) is 2.41. The summed E-state index contributed by atoms with van der Waals surface area (Å²) in [6.45, 7) is 0.234. The van der Waals surface area contributed by atoms with Crippen molar-refractivity contribution in [2.24, 2.45) is 0 Å². The third-order valence-corrected chi connectivity index (χ3v) is 4.27. The summed E-state index contributed by atoms with van der Waals surface area (Å²) in [5.74, 6) is -0.383. The molecule has 0 bridgehead atoms. The minimum absolute atomic E-state index is 0.120. The highest BCUT2D eigenvalue weighted by atomic mass is 35.5. The average molecular weight is 397 g/mol. The van der Waals surface area contributed by atoms with Crippen LogP contribution in [0, 0.1) is 0 Å². The van der Waals surface area contributed by atoms with E-state index < -0.39 is 6.09 Å². The number of hydrogen-bond donors (Lipinski definition) is 2. The van der Waals surface area contributed by atoms with E-state index in [1.807, 2.05) is 6.07 Å². The Balaban J connectivity index is 1.68. The Kier molecular flexibility index (Phi) is 6.18. The Hall–Kier alpha value is -3.45. The Bertz CT molecular complexity index is 982. The molecule has 0 spiro atoms. The molecule has 28 heavy (non-hydrogen) atoms. The molecule has 3 rings (SSSR count). The number of pyridine rings is 2. The molecule has 142 valence electrons. The van der Waals surface area contributed by atoms with Crippen molar-refractivity contribution in [2.45, 2.75) is 6.42 Å². The molecular weight excluding hydrogens is 380 g/mol. The lowest BCUT2D eigenvalue weighted by atomic mass is 10.2. The first kappa shape index (κ1) is 19.3. The highest BCUT2D eigenvalue weighted by Crippen LogP contribution is 2.17. The standard InChI is InChI=1S/C20H17ClN4O3/c21-18-17(7-4-10-23-18)19(26)24-15-8-11-22-14(13-15)9-12-25(20(27)28)16-5-2-1-3-6-16/h1-8,10-11,13H,9,12H2,(H,27,28)(H,22,24,26). The van der Waals surface area contributed by atoms with Crippen molar-refractivity contribution in [2.75, 3.05) is 16.8 Å². The van der Waals surface area contributed by atoms with E-state index in [0.29, 0.717) is 23.5 Å². The van der Waals surface area contributed by atoms with Crippen LogP contribution in [-0.2, 0) is 6.42 Å². The number of rotatable bonds is 6. The highest BCUT2D eigenvalue weighted by molar-refractivity contribution is 6.33. The Morgan fingerprint density at radius 1 is 1.04 bits per heavy atom. The second kappa shape index (κ2) is 8.96. The van der Waals surface area contributed by atoms with Gasteiger partial charge in [0.05, 0.1) is 5.56 Å². The van der Waals surface area contributed by atoms with Crippen LogP contribution in [0.4, 0.5) is 16.2 Å². The number of nitrogens with zero attached hydrogens (tertiary/aromatic N) is 3. The molecule has 0 saturated heterocycles. The largest absolute Gasteiger partial charge is 0.465 e. The second-order valence-electron chi connectivity index (χ2n) is 5.85. The first-order valence-electron chi connectivity index (χ1n) is 8.47. The molecule has 0 aliphatic rings. The van der Waals surface area contributed by atoms with Gasteiger partial charge < -0.3 is 10.4 Å². The van der Waals surface area contributed by atoms with Gasteiger partial charge in [0.2, 0.25) is 0 Å². The van der Waals surface area contributed by atoms with Crippen molar-refractivity contribution in [1.29, 1.82) is 0 Å². The molecule has 1 aromatic carbocycles. The monoisotopic (exact) mass is 396 g/mol. The van der Waals surface area contributed by atoms with E-state index >= 15 is 0 Å². The van der Waals surface area contributed by atoms with Gasteiger partial charge in [0.1, 0.15) is 5.15 Å². The molecule has 2 N–H and O–H groups in total. The summed E-state index contributed by atoms with van der Waals surface area (Å²) >= 11 is 5.94. The number of hydrogen-bond acceptors (Lipinski definition) is 4. The lowest BCUT2D eigenvalue weighted by molar-refractivity contribution is 0.102. The minimum atomic E-state index is -1.04. The molecule has 7 nitrogen and oxygen atoms in total. The van der Waals surface area contributed by atoms with Crippen molar-refractivity contribution < 1.29 is 14.7 Å². The fraction of sp³-hybridized carbons (Fsp3) is 0.100. The number of carbonyl (C=O) groups excluding carboxylic acids is 1. The molecule has 0 unspecified atom stereocenters. The molecule has 0 atom stereocenters. The van der Waals surface area contributed by atoms with Gasteiger partial charge in [-0.25, -0.2) is 9.78 Å². The van der Waals surface area contributed by atoms with E-state index in [2.05, 4.69) is 15.3 Å². The molecule has 0 radical (unpaired) electrons. The zero-order valence-electron chi connectivity index (χ0n) is 14.7. The van der Waals surface area contributed by atoms with Crippen LogP contribution in [0.3, 0.4) is 0 Å². The summed E-state index contributed by atoms with van der Waals surface area (Å²) in [5, 5.41) is 12.3. The molecule has 0 aliphatic heterocycles. The molecule has 0 fully saturated rings. The summed E-state index contributed by atoms with van der Waals surface area (Å²) < 4.78 is 0. The smallest absolute Gasteiger partial charge is 0.411 e. The van der Waals surface area contributed by atoms with Crippen molar-refractivity contribution in [3.8, 4) is 0 Å². The quantitative estimate of drug-likeness (QED) is 0.611. The third-order valence-electron chi connectivity index (χ3n) is 3.97. The molecule has 2 amide bonds. The summed E-state index contributed by atoms with van der Waals surface area (Å²) in [4.78, 5) is 33.3. The molecule has 2 aromatic heterocycles. The van der Waals surface area contributed by atoms with Crippen LogP contribution >= 0.6 is 11.6 Å². The normalized spacial score (nSPS) is 10.3. The first-order valence-corrected chi connectivity index (χ1v) is 8.84. The van der Waals surface area contributed by atoms with E-state index in [1.54, 1.807) is 54.7 Å². The lowest BCUT2D eigenvalue weighted by Crippen LogP contribution is -2.31. The summed E-state index contributed by atoms with van der Waals surface area (Å²) in [5.41, 5.74) is 2.04. The lowest BCUT2D eigenvalue weighted by Gasteiger charge is -2.19. The van der Waals surface area contributed by atoms with Crippen LogP contribution in [-0.4, -0.2) is 33.6 Å². The molecule has 2 heterocycles. The van der Waals surface area contributed by atoms with E-state index in [0.717, 1.165) is 0 Å². The number of anilines is 2. The van der Waals surface area contributed by atoms with Crippen molar-refractivity contribution in [1.82, 2.24) is 9.97 Å². The third kappa shape index (κ3) is 4.83. The van der Waals surface area contributed by atoms with E-state index in [4.69, 9.17) is 11.6 Å². The topological polar surface area (TPSA) is 95.4 Å². The predicted molar refractivity (Wildman–Crippen MR) is 107 cm³/mol. The minimum Gasteiger partial charge on any atom is -0.465 e. The maximum absolute atomic E-state index is 12.3. The summed E-state index contributed by atoms with van der Waals surface area (Å²) in [6, 6.07) is 15.4. The number of aromatic nitrogens is 2. The molecular formula is C20H17ClN4O3. The van der Waals surface area contributed by atoms with Crippen LogP contribution in [0.25, 0.3) is 0 Å². The number of carbonyl (C=O) groups is 2. The van der Waals surface area contributed by atoms with Gasteiger partial charge in [-0.2, -0.15) is 0 Å². The van der Waals surface area contributed by atoms with Crippen LogP contribution in [0.5, 0.6) is 0 Å². The Labute approximate surface area is 166 Å². The van der Waals surface area contributed by atoms with E-state index in [9.17, 15) is 14.7 Å². The fourth-order valence-electron chi connectivity index (χ4n) is 2.62. The molecule has 8 heteroatoms. The van der Waals surface area contributed by atoms with Gasteiger partial charge in [-0.1, -0.05) is 29.8 Å². The van der Waals surface area contributed by atoms with Crippen LogP contribution in [0.15, 0.2) is 67.0 Å². The first-order chi connectivity index (χ1) is 13.5. The maximum atomic E-state index is 12.3. The van der Waals surface area contributed by atoms with E-state index in [-0.39, 0.29) is 23.2 Å². The zero-order chi connectivity index (χ0) is 19.9. The second-order valence-corrected chi connectivity index (χ2v) is 6.21. The number of benzene rings is 1. The maximum Gasteiger partial charge on any atom is 0.411 e. The number of carboxylic acid groups (broad SMARTS) is 1. The number of para-hydroxylation sites is 1.